The van der Waals surface area contributed by atoms with E-state index in [1.807, 2.05) is 19.2 Å². The van der Waals surface area contributed by atoms with Crippen molar-refractivity contribution in [3.05, 3.63) is 47.7 Å². The van der Waals surface area contributed by atoms with Crippen molar-refractivity contribution in [2.75, 3.05) is 37.1 Å². The number of aromatic nitrogens is 2. The maximum atomic E-state index is 5.53. The number of hydrogen-bond donors (Lipinski definition) is 1. The number of nitrogens with zero attached hydrogens (tertiary/aromatic N) is 5. The molecule has 0 saturated heterocycles. The van der Waals surface area contributed by atoms with Gasteiger partial charge in [-0.25, -0.2) is 0 Å². The lowest BCUT2D eigenvalue weighted by atomic mass is 10.2. The maximum absolute atomic E-state index is 5.53. The number of rotatable bonds is 3. The van der Waals surface area contributed by atoms with Gasteiger partial charge in [-0.15, -0.1) is 15.3 Å². The van der Waals surface area contributed by atoms with Crippen LogP contribution < -0.4 is 10.2 Å². The Morgan fingerprint density at radius 3 is 2.87 bits per heavy atom. The van der Waals surface area contributed by atoms with Crippen LogP contribution in [0.4, 0.5) is 11.5 Å². The van der Waals surface area contributed by atoms with Crippen LogP contribution in [-0.4, -0.2) is 48.0 Å². The first kappa shape index (κ1) is 13.8. The lowest BCUT2D eigenvalue weighted by Crippen LogP contribution is -2.34. The monoisotopic (exact) mass is 310 g/mol. The Morgan fingerprint density at radius 1 is 1.22 bits per heavy atom. The number of benzene rings is 1. The molecule has 2 aliphatic heterocycles. The Balaban J connectivity index is 1.64. The van der Waals surface area contributed by atoms with Crippen molar-refractivity contribution in [3.63, 3.8) is 0 Å². The van der Waals surface area contributed by atoms with E-state index < -0.39 is 0 Å². The highest BCUT2D eigenvalue weighted by Gasteiger charge is 2.23. The molecule has 3 heterocycles. The second-order valence-corrected chi connectivity index (χ2v) is 5.63. The van der Waals surface area contributed by atoms with Gasteiger partial charge in [-0.05, 0) is 11.6 Å². The van der Waals surface area contributed by atoms with Gasteiger partial charge in [-0.3, -0.25) is 5.01 Å². The van der Waals surface area contributed by atoms with Crippen molar-refractivity contribution < 1.29 is 4.74 Å². The number of anilines is 2. The van der Waals surface area contributed by atoms with E-state index in [-0.39, 0.29) is 0 Å². The van der Waals surface area contributed by atoms with Crippen LogP contribution in [0, 0.1) is 0 Å². The Bertz CT molecular complexity index is 733. The van der Waals surface area contributed by atoms with Gasteiger partial charge in [0.1, 0.15) is 0 Å². The van der Waals surface area contributed by atoms with Crippen LogP contribution in [0.1, 0.15) is 11.3 Å². The van der Waals surface area contributed by atoms with E-state index in [4.69, 9.17) is 4.74 Å². The summed E-state index contributed by atoms with van der Waals surface area (Å²) in [4.78, 5) is 2.30. The number of nitrogens with one attached hydrogen (secondary N) is 1. The summed E-state index contributed by atoms with van der Waals surface area (Å²) < 4.78 is 5.53. The molecule has 0 fully saturated rings. The molecule has 0 aliphatic carbocycles. The van der Waals surface area contributed by atoms with Gasteiger partial charge in [0.25, 0.3) is 5.90 Å². The number of hydrogen-bond acceptors (Lipinski definition) is 7. The first-order valence-corrected chi connectivity index (χ1v) is 7.63. The highest BCUT2D eigenvalue weighted by Crippen LogP contribution is 2.28. The molecule has 4 rings (SSSR count). The van der Waals surface area contributed by atoms with Crippen LogP contribution in [0.5, 0.6) is 0 Å². The minimum Gasteiger partial charge on any atom is -0.452 e. The van der Waals surface area contributed by atoms with Crippen molar-refractivity contribution in [2.45, 2.75) is 6.54 Å². The molecule has 0 bridgehead atoms. The van der Waals surface area contributed by atoms with Gasteiger partial charge in [0, 0.05) is 26.7 Å². The van der Waals surface area contributed by atoms with E-state index in [9.17, 15) is 0 Å². The molecule has 0 saturated carbocycles. The van der Waals surface area contributed by atoms with Crippen LogP contribution in [-0.2, 0) is 11.3 Å². The van der Waals surface area contributed by atoms with Crippen LogP contribution in [0.15, 0.2) is 41.5 Å². The first-order chi connectivity index (χ1) is 11.3. The molecule has 0 amide bonds. The summed E-state index contributed by atoms with van der Waals surface area (Å²) in [7, 11) is 1.86. The molecule has 1 aromatic carbocycles. The fourth-order valence-electron chi connectivity index (χ4n) is 2.74. The molecule has 7 nitrogen and oxygen atoms in total. The molecule has 118 valence electrons. The van der Waals surface area contributed by atoms with Crippen molar-refractivity contribution in [1.29, 1.82) is 0 Å². The Labute approximate surface area is 134 Å². The molecule has 0 radical (unpaired) electrons. The summed E-state index contributed by atoms with van der Waals surface area (Å²) in [5, 5.41) is 17.9. The van der Waals surface area contributed by atoms with Gasteiger partial charge in [0.2, 0.25) is 0 Å². The molecule has 0 atom stereocenters. The lowest BCUT2D eigenvalue weighted by Gasteiger charge is -2.31. The zero-order valence-corrected chi connectivity index (χ0v) is 12.9. The summed E-state index contributed by atoms with van der Waals surface area (Å²) in [6.07, 6.45) is 0. The third-order valence-electron chi connectivity index (χ3n) is 3.87. The zero-order chi connectivity index (χ0) is 15.6. The molecule has 0 unspecified atom stereocenters. The number of ether oxygens (including phenoxy) is 1. The quantitative estimate of drug-likeness (QED) is 0.926. The van der Waals surface area contributed by atoms with Crippen molar-refractivity contribution >= 4 is 17.4 Å². The van der Waals surface area contributed by atoms with E-state index >= 15 is 0 Å². The summed E-state index contributed by atoms with van der Waals surface area (Å²) in [5.41, 5.74) is 2.97. The average Bonchev–Trinajstić information content (AvgIpc) is 3.02. The molecule has 7 heteroatoms. The van der Waals surface area contributed by atoms with Crippen LogP contribution in [0.3, 0.4) is 0 Å². The first-order valence-electron chi connectivity index (χ1n) is 7.63. The van der Waals surface area contributed by atoms with Gasteiger partial charge < -0.3 is 15.0 Å². The minimum absolute atomic E-state index is 0.445. The summed E-state index contributed by atoms with van der Waals surface area (Å²) in [6, 6.07) is 12.4. The Morgan fingerprint density at radius 2 is 2.09 bits per heavy atom. The Kier molecular flexibility index (Phi) is 3.45. The van der Waals surface area contributed by atoms with Gasteiger partial charge >= 0.3 is 0 Å². The molecule has 2 aliphatic rings. The molecule has 23 heavy (non-hydrogen) atoms. The summed E-state index contributed by atoms with van der Waals surface area (Å²) >= 11 is 0. The Hall–Kier alpha value is -2.83. The fraction of sp³-hybridized carbons (Fsp3) is 0.312. The predicted octanol–water partition coefficient (Wildman–Crippen LogP) is 1.49. The van der Waals surface area contributed by atoms with E-state index in [0.29, 0.717) is 18.3 Å². The van der Waals surface area contributed by atoms with Crippen molar-refractivity contribution in [1.82, 2.24) is 15.2 Å². The molecule has 1 aromatic heterocycles. The lowest BCUT2D eigenvalue weighted by molar-refractivity contribution is 0.198. The minimum atomic E-state index is 0.445. The van der Waals surface area contributed by atoms with Gasteiger partial charge in [0.05, 0.1) is 5.69 Å². The van der Waals surface area contributed by atoms with E-state index in [2.05, 4.69) is 49.8 Å². The van der Waals surface area contributed by atoms with E-state index in [1.54, 1.807) is 5.01 Å². The highest BCUT2D eigenvalue weighted by atomic mass is 16.5. The van der Waals surface area contributed by atoms with Crippen molar-refractivity contribution in [2.24, 2.45) is 5.10 Å². The topological polar surface area (TPSA) is 65.9 Å². The van der Waals surface area contributed by atoms with Gasteiger partial charge in [0.15, 0.2) is 18.2 Å². The molecule has 0 spiro atoms. The fourth-order valence-corrected chi connectivity index (χ4v) is 2.74. The maximum Gasteiger partial charge on any atom is 0.260 e. The molecular formula is C16H18N6O. The van der Waals surface area contributed by atoms with E-state index in [1.165, 1.54) is 5.56 Å². The van der Waals surface area contributed by atoms with Crippen molar-refractivity contribution in [3.8, 4) is 0 Å². The summed E-state index contributed by atoms with van der Waals surface area (Å²) in [5.74, 6) is 1.33. The molecule has 1 N–H and O–H groups in total. The smallest absolute Gasteiger partial charge is 0.260 e. The van der Waals surface area contributed by atoms with Gasteiger partial charge in [-0.1, -0.05) is 30.3 Å². The second-order valence-electron chi connectivity index (χ2n) is 5.63. The number of hydrazone groups is 1. The third kappa shape index (κ3) is 2.77. The van der Waals surface area contributed by atoms with Crippen LogP contribution >= 0.6 is 0 Å². The van der Waals surface area contributed by atoms with Gasteiger partial charge in [-0.2, -0.15) is 0 Å². The van der Waals surface area contributed by atoms with Crippen LogP contribution in [0.25, 0.3) is 0 Å². The normalized spacial score (nSPS) is 16.5. The largest absolute Gasteiger partial charge is 0.452 e. The van der Waals surface area contributed by atoms with Crippen LogP contribution in [0.2, 0.25) is 0 Å². The predicted molar refractivity (Wildman–Crippen MR) is 88.3 cm³/mol. The molecular weight excluding hydrogens is 292 g/mol. The highest BCUT2D eigenvalue weighted by molar-refractivity contribution is 5.94. The zero-order valence-electron chi connectivity index (χ0n) is 12.9. The standard InChI is InChI=1S/C16H18N6O/c1-21-11-23-16(20-21)13-9-14-15(19-18-13)17-7-8-22(14)10-12-5-3-2-4-6-12/h2-6,9H,7-8,10-11H2,1H3,(H,17,19). The molecule has 2 aromatic rings. The van der Waals surface area contributed by atoms with E-state index in [0.717, 1.165) is 31.1 Å². The third-order valence-corrected chi connectivity index (χ3v) is 3.87. The average molecular weight is 310 g/mol. The second kappa shape index (κ2) is 5.75. The summed E-state index contributed by atoms with van der Waals surface area (Å²) in [6.45, 7) is 3.06. The SMILES string of the molecule is CN1COC(c2cc3c(nn2)NCCN3Cc2ccccc2)=N1. The number of fused-ring (bicyclic) bond motifs is 1.